The van der Waals surface area contributed by atoms with Gasteiger partial charge in [-0.05, 0) is 35.4 Å². The molecule has 12 atom stereocenters. The summed E-state index contributed by atoms with van der Waals surface area (Å²) in [7, 11) is 5.73. The van der Waals surface area contributed by atoms with Crippen molar-refractivity contribution in [2.75, 3.05) is 61.5 Å². The van der Waals surface area contributed by atoms with Gasteiger partial charge in [-0.25, -0.2) is 0 Å². The molecule has 0 spiro atoms. The Morgan fingerprint density at radius 1 is 0.740 bits per heavy atom. The summed E-state index contributed by atoms with van der Waals surface area (Å²) in [6, 6.07) is 6.82. The Hall–Kier alpha value is -3.20. The molecule has 1 unspecified atom stereocenters. The van der Waals surface area contributed by atoms with Crippen LogP contribution in [0.3, 0.4) is 0 Å². The summed E-state index contributed by atoms with van der Waals surface area (Å²) in [5.74, 6) is 0.665. The molecule has 4 fully saturated rings. The maximum atomic E-state index is 11.0. The summed E-state index contributed by atoms with van der Waals surface area (Å²) < 4.78 is 57.7. The van der Waals surface area contributed by atoms with Crippen molar-refractivity contribution in [3.63, 3.8) is 0 Å². The van der Waals surface area contributed by atoms with Gasteiger partial charge < -0.3 is 83.1 Å². The van der Waals surface area contributed by atoms with E-state index in [-0.39, 0.29) is 52.4 Å². The van der Waals surface area contributed by atoms with Gasteiger partial charge in [-0.3, -0.25) is 0 Å². The van der Waals surface area contributed by atoms with Gasteiger partial charge in [0.25, 0.3) is 0 Å². The van der Waals surface area contributed by atoms with Crippen molar-refractivity contribution in [3.05, 3.63) is 35.4 Å². The van der Waals surface area contributed by atoms with Gasteiger partial charge in [-0.15, -0.1) is 0 Å². The van der Waals surface area contributed by atoms with Gasteiger partial charge in [-0.2, -0.15) is 0 Å². The van der Waals surface area contributed by atoms with E-state index in [9.17, 15) is 35.7 Å². The zero-order valence-corrected chi connectivity index (χ0v) is 27.9. The van der Waals surface area contributed by atoms with Crippen molar-refractivity contribution in [3.8, 4) is 34.5 Å². The predicted octanol–water partition coefficient (Wildman–Crippen LogP) is -0.855. The van der Waals surface area contributed by atoms with Gasteiger partial charge in [0, 0.05) is 11.8 Å². The molecule has 0 radical (unpaired) electrons. The summed E-state index contributed by atoms with van der Waals surface area (Å²) in [4.78, 5) is 0. The van der Waals surface area contributed by atoms with Gasteiger partial charge in [0.05, 0.1) is 73.7 Å². The van der Waals surface area contributed by atoms with Crippen molar-refractivity contribution in [2.24, 2.45) is 11.8 Å². The molecule has 0 amide bonds. The van der Waals surface area contributed by atoms with E-state index in [2.05, 4.69) is 0 Å². The van der Waals surface area contributed by atoms with Crippen LogP contribution < -0.4 is 23.7 Å². The molecule has 50 heavy (non-hydrogen) atoms. The highest BCUT2D eigenvalue weighted by Gasteiger charge is 2.54. The number of aliphatic hydroxyl groups is 6. The normalized spacial score (nSPS) is 36.6. The van der Waals surface area contributed by atoms with Crippen LogP contribution in [0.5, 0.6) is 34.5 Å². The molecular formula is C33H44O17. The van der Waals surface area contributed by atoms with E-state index in [1.807, 2.05) is 0 Å². The molecule has 6 rings (SSSR count). The number of benzene rings is 2. The molecule has 2 aromatic carbocycles. The second-order valence-electron chi connectivity index (χ2n) is 12.7. The Morgan fingerprint density at radius 3 is 1.72 bits per heavy atom. The molecule has 4 aliphatic rings. The highest BCUT2D eigenvalue weighted by Crippen LogP contribution is 2.54. The fourth-order valence-electron chi connectivity index (χ4n) is 6.97. The summed E-state index contributed by atoms with van der Waals surface area (Å²) in [5.41, 5.74) is -0.567. The van der Waals surface area contributed by atoms with Crippen molar-refractivity contribution in [1.29, 1.82) is 0 Å². The Labute approximate surface area is 287 Å². The highest BCUT2D eigenvalue weighted by atomic mass is 16.8. The number of ether oxygens (including phenoxy) is 10. The third-order valence-corrected chi connectivity index (χ3v) is 9.84. The summed E-state index contributed by atoms with van der Waals surface area (Å²) in [6.45, 7) is -1.24. The van der Waals surface area contributed by atoms with Gasteiger partial charge in [0.1, 0.15) is 30.0 Å². The first-order chi connectivity index (χ1) is 24.0. The smallest absolute Gasteiger partial charge is 0.230 e. The highest BCUT2D eigenvalue weighted by molar-refractivity contribution is 5.55. The minimum absolute atomic E-state index is 0.0239. The molecule has 0 aliphatic carbocycles. The maximum Gasteiger partial charge on any atom is 0.230 e. The lowest BCUT2D eigenvalue weighted by molar-refractivity contribution is -0.319. The molecule has 4 saturated heterocycles. The van der Waals surface area contributed by atoms with Crippen molar-refractivity contribution < 1.29 is 83.1 Å². The molecule has 7 N–H and O–H groups in total. The van der Waals surface area contributed by atoms with E-state index in [4.69, 9.17) is 47.4 Å². The standard InChI is InChI=1S/C33H44O17/c1-41-18-5-14(6-19(42-2)23(18)36)26-16-10-46-27(17(16)11-45-26)15-7-20(43-3)28(21(8-15)44-4)49-31-29(25(38)24(37)22(9-34)48-31)50-32-30(39)33(40,12-35)13-47-32/h5-8,16-17,22,24-27,29-32,34-40H,9-13H2,1-4H3/t16-,17-,22-,24-,25+,26+,27+,29-,30+,31?,32+,33-/m1/s1. The van der Waals surface area contributed by atoms with Crippen molar-refractivity contribution >= 4 is 0 Å². The lowest BCUT2D eigenvalue weighted by Crippen LogP contribution is -2.62. The molecule has 17 heteroatoms. The van der Waals surface area contributed by atoms with Crippen molar-refractivity contribution in [1.82, 2.24) is 0 Å². The molecule has 4 aliphatic heterocycles. The first-order valence-corrected chi connectivity index (χ1v) is 16.0. The number of phenols is 1. The second kappa shape index (κ2) is 14.8. The Balaban J connectivity index is 1.26. The lowest BCUT2D eigenvalue weighted by atomic mass is 9.84. The first kappa shape index (κ1) is 36.6. The zero-order chi connectivity index (χ0) is 35.9. The first-order valence-electron chi connectivity index (χ1n) is 16.0. The number of methoxy groups -OCH3 is 4. The number of hydrogen-bond acceptors (Lipinski definition) is 17. The van der Waals surface area contributed by atoms with Crippen LogP contribution in [0.25, 0.3) is 0 Å². The van der Waals surface area contributed by atoms with Gasteiger partial charge in [-0.1, -0.05) is 0 Å². The zero-order valence-electron chi connectivity index (χ0n) is 27.9. The monoisotopic (exact) mass is 712 g/mol. The Morgan fingerprint density at radius 2 is 1.26 bits per heavy atom. The van der Waals surface area contributed by atoms with Crippen LogP contribution in [0.1, 0.15) is 23.3 Å². The van der Waals surface area contributed by atoms with E-state index in [0.29, 0.717) is 18.8 Å². The molecule has 0 saturated carbocycles. The SMILES string of the molecule is COc1cc([C@@H]2OC[C@@H]3[C@H]2CO[C@H]3c2cc(OC)c(OC3O[C@H](CO)[C@@H](O)[C@H](O)[C@H]3O[C@@H]3OC[C@](O)(CO)[C@H]3O)c(OC)c2)cc(OC)c1O. The van der Waals surface area contributed by atoms with Gasteiger partial charge in [0.2, 0.25) is 17.8 Å². The summed E-state index contributed by atoms with van der Waals surface area (Å²) >= 11 is 0. The Bertz CT molecular complexity index is 1440. The lowest BCUT2D eigenvalue weighted by Gasteiger charge is -2.42. The maximum absolute atomic E-state index is 11.0. The largest absolute Gasteiger partial charge is 0.502 e. The molecule has 0 aromatic heterocycles. The fraction of sp³-hybridized carbons (Fsp3) is 0.636. The van der Waals surface area contributed by atoms with Crippen LogP contribution in [0.15, 0.2) is 24.3 Å². The van der Waals surface area contributed by atoms with Crippen LogP contribution in [-0.2, 0) is 23.7 Å². The number of phenolic OH excluding ortho intramolecular Hbond substituents is 1. The van der Waals surface area contributed by atoms with E-state index in [1.165, 1.54) is 28.4 Å². The van der Waals surface area contributed by atoms with Crippen LogP contribution in [-0.4, -0.2) is 146 Å². The number of rotatable bonds is 12. The minimum atomic E-state index is -2.02. The number of aromatic hydroxyl groups is 1. The predicted molar refractivity (Wildman–Crippen MR) is 166 cm³/mol. The van der Waals surface area contributed by atoms with Crippen molar-refractivity contribution in [2.45, 2.75) is 60.9 Å². The van der Waals surface area contributed by atoms with E-state index in [0.717, 1.165) is 5.56 Å². The average molecular weight is 713 g/mol. The molecule has 17 nitrogen and oxygen atoms in total. The molecule has 0 bridgehead atoms. The number of aliphatic hydroxyl groups excluding tert-OH is 5. The molecule has 2 aromatic rings. The summed E-state index contributed by atoms with van der Waals surface area (Å²) in [5, 5.41) is 72.4. The quantitative estimate of drug-likeness (QED) is 0.142. The summed E-state index contributed by atoms with van der Waals surface area (Å²) in [6.07, 6.45) is -11.8. The van der Waals surface area contributed by atoms with Gasteiger partial charge >= 0.3 is 0 Å². The molecular weight excluding hydrogens is 668 g/mol. The average Bonchev–Trinajstić information content (AvgIpc) is 3.82. The number of hydrogen-bond donors (Lipinski definition) is 7. The third kappa shape index (κ3) is 6.41. The van der Waals surface area contributed by atoms with E-state index >= 15 is 0 Å². The van der Waals surface area contributed by atoms with Crippen LogP contribution >= 0.6 is 0 Å². The fourth-order valence-corrected chi connectivity index (χ4v) is 6.97. The van der Waals surface area contributed by atoms with Crippen LogP contribution in [0.4, 0.5) is 0 Å². The van der Waals surface area contributed by atoms with E-state index < -0.39 is 74.6 Å². The minimum Gasteiger partial charge on any atom is -0.502 e. The van der Waals surface area contributed by atoms with Gasteiger partial charge in [0.15, 0.2) is 35.4 Å². The van der Waals surface area contributed by atoms with E-state index in [1.54, 1.807) is 24.3 Å². The third-order valence-electron chi connectivity index (χ3n) is 9.84. The van der Waals surface area contributed by atoms with Crippen LogP contribution in [0.2, 0.25) is 0 Å². The molecule has 278 valence electrons. The Kier molecular flexibility index (Phi) is 10.8. The second-order valence-corrected chi connectivity index (χ2v) is 12.7. The molecule has 4 heterocycles. The van der Waals surface area contributed by atoms with Crippen LogP contribution in [0, 0.1) is 11.8 Å². The number of fused-ring (bicyclic) bond motifs is 1. The topological polar surface area (TPSA) is 234 Å².